The van der Waals surface area contributed by atoms with Gasteiger partial charge in [-0.3, -0.25) is 9.69 Å². The summed E-state index contributed by atoms with van der Waals surface area (Å²) in [6.45, 7) is 7.26. The summed E-state index contributed by atoms with van der Waals surface area (Å²) in [7, 11) is 2.13. The van der Waals surface area contributed by atoms with Gasteiger partial charge in [-0.15, -0.1) is 12.4 Å². The minimum atomic E-state index is 0. The highest BCUT2D eigenvalue weighted by Gasteiger charge is 2.20. The molecular weight excluding hydrogens is 338 g/mol. The Morgan fingerprint density at radius 1 is 1.24 bits per heavy atom. The monoisotopic (exact) mass is 367 g/mol. The Morgan fingerprint density at radius 2 is 2.00 bits per heavy atom. The summed E-state index contributed by atoms with van der Waals surface area (Å²) in [4.78, 5) is 17.3. The smallest absolute Gasteiger partial charge is 0.180 e. The number of ketones is 1. The number of carbonyl (C=O) groups excluding carboxylic acids is 1. The fourth-order valence-electron chi connectivity index (χ4n) is 3.39. The lowest BCUT2D eigenvalue weighted by Gasteiger charge is -2.31. The molecule has 2 heterocycles. The average molecular weight is 368 g/mol. The van der Waals surface area contributed by atoms with Gasteiger partial charge in [0.1, 0.15) is 5.75 Å². The van der Waals surface area contributed by atoms with Gasteiger partial charge in [0.15, 0.2) is 5.78 Å². The first-order valence-electron chi connectivity index (χ1n) is 9.09. The van der Waals surface area contributed by atoms with Crippen LogP contribution in [0.1, 0.15) is 23.2 Å². The van der Waals surface area contributed by atoms with Gasteiger partial charge in [0, 0.05) is 38.6 Å². The van der Waals surface area contributed by atoms with E-state index < -0.39 is 0 Å². The number of ether oxygens (including phenoxy) is 1. The number of rotatable bonds is 6. The SMILES string of the molecule is CN1CCN(CC(=O)c2ccccc2OCC2CCCNC2)CC1.Cl. The van der Waals surface area contributed by atoms with E-state index in [2.05, 4.69) is 22.2 Å². The third-order valence-electron chi connectivity index (χ3n) is 5.02. The topological polar surface area (TPSA) is 44.8 Å². The Hall–Kier alpha value is -1.14. The van der Waals surface area contributed by atoms with Gasteiger partial charge in [-0.2, -0.15) is 0 Å². The molecule has 1 aromatic carbocycles. The van der Waals surface area contributed by atoms with Crippen molar-refractivity contribution in [1.82, 2.24) is 15.1 Å². The Balaban J connectivity index is 0.00000225. The quantitative estimate of drug-likeness (QED) is 0.778. The van der Waals surface area contributed by atoms with Crippen LogP contribution in [-0.4, -0.2) is 75.1 Å². The highest BCUT2D eigenvalue weighted by molar-refractivity contribution is 6.00. The summed E-state index contributed by atoms with van der Waals surface area (Å²) in [5.74, 6) is 1.44. The Morgan fingerprint density at radius 3 is 2.72 bits per heavy atom. The van der Waals surface area contributed by atoms with Gasteiger partial charge in [-0.05, 0) is 38.6 Å². The number of nitrogens with zero attached hydrogens (tertiary/aromatic N) is 2. The van der Waals surface area contributed by atoms with Crippen molar-refractivity contribution < 1.29 is 9.53 Å². The second-order valence-electron chi connectivity index (χ2n) is 7.02. The van der Waals surface area contributed by atoms with Crippen LogP contribution in [0.25, 0.3) is 0 Å². The lowest BCUT2D eigenvalue weighted by molar-refractivity contribution is 0.0871. The zero-order chi connectivity index (χ0) is 16.8. The third-order valence-corrected chi connectivity index (χ3v) is 5.02. The molecule has 0 aliphatic carbocycles. The van der Waals surface area contributed by atoms with Crippen molar-refractivity contribution >= 4 is 18.2 Å². The van der Waals surface area contributed by atoms with Gasteiger partial charge in [0.25, 0.3) is 0 Å². The number of Topliss-reactive ketones (excluding diaryl/α,β-unsaturated/α-hetero) is 1. The van der Waals surface area contributed by atoms with Crippen molar-refractivity contribution in [1.29, 1.82) is 0 Å². The molecule has 2 fully saturated rings. The van der Waals surface area contributed by atoms with E-state index in [4.69, 9.17) is 4.74 Å². The van der Waals surface area contributed by atoms with E-state index in [-0.39, 0.29) is 18.2 Å². The standard InChI is InChI=1S/C19H29N3O2.ClH/c1-21-9-11-22(12-10-21)14-18(23)17-6-2-3-7-19(17)24-15-16-5-4-8-20-13-16;/h2-3,6-7,16,20H,4-5,8-15H2,1H3;1H. The maximum absolute atomic E-state index is 12.7. The second-order valence-corrected chi connectivity index (χ2v) is 7.02. The molecule has 6 heteroatoms. The third kappa shape index (κ3) is 5.96. The number of para-hydroxylation sites is 1. The summed E-state index contributed by atoms with van der Waals surface area (Å²) < 4.78 is 6.02. The lowest BCUT2D eigenvalue weighted by atomic mass is 10.0. The molecular formula is C19H30ClN3O2. The minimum Gasteiger partial charge on any atom is -0.492 e. The predicted molar refractivity (Wildman–Crippen MR) is 103 cm³/mol. The van der Waals surface area contributed by atoms with E-state index in [1.807, 2.05) is 24.3 Å². The van der Waals surface area contributed by atoms with Crippen molar-refractivity contribution in [2.24, 2.45) is 5.92 Å². The molecule has 140 valence electrons. The maximum Gasteiger partial charge on any atom is 0.180 e. The Kier molecular flexibility index (Phi) is 8.16. The molecule has 1 N–H and O–H groups in total. The molecule has 5 nitrogen and oxygen atoms in total. The molecule has 0 radical (unpaired) electrons. The fourth-order valence-corrected chi connectivity index (χ4v) is 3.39. The molecule has 0 spiro atoms. The maximum atomic E-state index is 12.7. The number of hydrogen-bond acceptors (Lipinski definition) is 5. The summed E-state index contributed by atoms with van der Waals surface area (Å²) in [5, 5.41) is 3.41. The van der Waals surface area contributed by atoms with Gasteiger partial charge in [-0.25, -0.2) is 0 Å². The van der Waals surface area contributed by atoms with Crippen molar-refractivity contribution in [3.8, 4) is 5.75 Å². The molecule has 2 aliphatic rings. The molecule has 1 aromatic rings. The number of carbonyl (C=O) groups is 1. The zero-order valence-electron chi connectivity index (χ0n) is 15.1. The fraction of sp³-hybridized carbons (Fsp3) is 0.632. The number of piperazine rings is 1. The molecule has 1 unspecified atom stereocenters. The van der Waals surface area contributed by atoms with Crippen LogP contribution in [0, 0.1) is 5.92 Å². The van der Waals surface area contributed by atoms with E-state index >= 15 is 0 Å². The van der Waals surface area contributed by atoms with Crippen LogP contribution in [0.2, 0.25) is 0 Å². The molecule has 0 amide bonds. The number of likely N-dealkylation sites (N-methyl/N-ethyl adjacent to an activating group) is 1. The van der Waals surface area contributed by atoms with Gasteiger partial charge >= 0.3 is 0 Å². The number of nitrogens with one attached hydrogen (secondary N) is 1. The van der Waals surface area contributed by atoms with Crippen LogP contribution in [0.3, 0.4) is 0 Å². The number of piperidine rings is 1. The first kappa shape index (κ1) is 20.2. The minimum absolute atomic E-state index is 0. The molecule has 25 heavy (non-hydrogen) atoms. The van der Waals surface area contributed by atoms with Gasteiger partial charge in [-0.1, -0.05) is 12.1 Å². The zero-order valence-corrected chi connectivity index (χ0v) is 15.9. The molecule has 1 atom stereocenters. The van der Waals surface area contributed by atoms with Crippen molar-refractivity contribution in [2.75, 3.05) is 59.5 Å². The van der Waals surface area contributed by atoms with Gasteiger partial charge in [0.2, 0.25) is 0 Å². The van der Waals surface area contributed by atoms with Gasteiger partial charge in [0.05, 0.1) is 18.7 Å². The van der Waals surface area contributed by atoms with Crippen LogP contribution < -0.4 is 10.1 Å². The van der Waals surface area contributed by atoms with Crippen molar-refractivity contribution in [2.45, 2.75) is 12.8 Å². The summed E-state index contributed by atoms with van der Waals surface area (Å²) in [6, 6.07) is 7.69. The van der Waals surface area contributed by atoms with E-state index in [9.17, 15) is 4.79 Å². The van der Waals surface area contributed by atoms with Crippen molar-refractivity contribution in [3.63, 3.8) is 0 Å². The Bertz CT molecular complexity index is 541. The number of hydrogen-bond donors (Lipinski definition) is 1. The van der Waals surface area contributed by atoms with Crippen LogP contribution >= 0.6 is 12.4 Å². The summed E-state index contributed by atoms with van der Waals surface area (Å²) in [6.07, 6.45) is 2.41. The highest BCUT2D eigenvalue weighted by Crippen LogP contribution is 2.21. The first-order valence-corrected chi connectivity index (χ1v) is 9.09. The molecule has 0 aromatic heterocycles. The molecule has 2 aliphatic heterocycles. The largest absolute Gasteiger partial charge is 0.492 e. The number of benzene rings is 1. The van der Waals surface area contributed by atoms with E-state index in [0.29, 0.717) is 19.1 Å². The van der Waals surface area contributed by atoms with E-state index in [1.165, 1.54) is 12.8 Å². The van der Waals surface area contributed by atoms with Crippen LogP contribution in [0.4, 0.5) is 0 Å². The van der Waals surface area contributed by atoms with Gasteiger partial charge < -0.3 is 15.0 Å². The number of halogens is 1. The van der Waals surface area contributed by atoms with Crippen molar-refractivity contribution in [3.05, 3.63) is 29.8 Å². The molecule has 3 rings (SSSR count). The van der Waals surface area contributed by atoms with E-state index in [1.54, 1.807) is 0 Å². The molecule has 0 saturated carbocycles. The van der Waals surface area contributed by atoms with Crippen LogP contribution in [0.15, 0.2) is 24.3 Å². The molecule has 2 saturated heterocycles. The predicted octanol–water partition coefficient (Wildman–Crippen LogP) is 1.92. The normalized spacial score (nSPS) is 22.2. The average Bonchev–Trinajstić information content (AvgIpc) is 2.63. The van der Waals surface area contributed by atoms with Crippen LogP contribution in [0.5, 0.6) is 5.75 Å². The second kappa shape index (κ2) is 10.1. The molecule has 0 bridgehead atoms. The first-order chi connectivity index (χ1) is 11.7. The highest BCUT2D eigenvalue weighted by atomic mass is 35.5. The van der Waals surface area contributed by atoms with Crippen LogP contribution in [-0.2, 0) is 0 Å². The van der Waals surface area contributed by atoms with E-state index in [0.717, 1.165) is 50.6 Å². The summed E-state index contributed by atoms with van der Waals surface area (Å²) >= 11 is 0. The Labute approximate surface area is 157 Å². The lowest BCUT2D eigenvalue weighted by Crippen LogP contribution is -2.46. The summed E-state index contributed by atoms with van der Waals surface area (Å²) in [5.41, 5.74) is 0.722.